The van der Waals surface area contributed by atoms with Crippen molar-refractivity contribution in [2.45, 2.75) is 45.1 Å². The Balaban J connectivity index is 3.29. The van der Waals surface area contributed by atoms with Crippen molar-refractivity contribution < 1.29 is 12.8 Å². The second kappa shape index (κ2) is 7.87. The van der Waals surface area contributed by atoms with Crippen LogP contribution in [0.25, 0.3) is 0 Å². The number of halogens is 1. The van der Waals surface area contributed by atoms with Crippen molar-refractivity contribution in [3.05, 3.63) is 29.1 Å². The van der Waals surface area contributed by atoms with E-state index in [1.807, 2.05) is 13.8 Å². The van der Waals surface area contributed by atoms with Gasteiger partial charge in [0.2, 0.25) is 10.0 Å². The summed E-state index contributed by atoms with van der Waals surface area (Å²) in [5.74, 6) is -0.346. The standard InChI is InChI=1S/C15H25FN2O2S/c1-5-7-18(8-6-2)21(19,20)14-9-12(3)15(16)13(10-14)11-17-4/h9-10,17H,5-8,11H2,1-4H3. The molecule has 0 amide bonds. The van der Waals surface area contributed by atoms with Gasteiger partial charge in [-0.05, 0) is 44.5 Å². The monoisotopic (exact) mass is 316 g/mol. The highest BCUT2D eigenvalue weighted by Gasteiger charge is 2.24. The Morgan fingerprint density at radius 1 is 1.19 bits per heavy atom. The van der Waals surface area contributed by atoms with Gasteiger partial charge in [-0.2, -0.15) is 4.31 Å². The van der Waals surface area contributed by atoms with Crippen molar-refractivity contribution in [2.24, 2.45) is 0 Å². The van der Waals surface area contributed by atoms with Crippen molar-refractivity contribution >= 4 is 10.0 Å². The first-order valence-corrected chi connectivity index (χ1v) is 8.76. The fraction of sp³-hybridized carbons (Fsp3) is 0.600. The Hall–Kier alpha value is -0.980. The Bertz CT molecular complexity index is 567. The van der Waals surface area contributed by atoms with Crippen molar-refractivity contribution in [3.63, 3.8) is 0 Å². The largest absolute Gasteiger partial charge is 0.316 e. The van der Waals surface area contributed by atoms with Crippen molar-refractivity contribution in [2.75, 3.05) is 20.1 Å². The topological polar surface area (TPSA) is 49.4 Å². The minimum Gasteiger partial charge on any atom is -0.316 e. The van der Waals surface area contributed by atoms with Gasteiger partial charge < -0.3 is 5.32 Å². The summed E-state index contributed by atoms with van der Waals surface area (Å²) in [4.78, 5) is 0.175. The minimum atomic E-state index is -3.57. The van der Waals surface area contributed by atoms with Gasteiger partial charge in [-0.3, -0.25) is 0 Å². The van der Waals surface area contributed by atoms with E-state index in [-0.39, 0.29) is 10.7 Å². The first-order valence-electron chi connectivity index (χ1n) is 7.32. The van der Waals surface area contributed by atoms with Crippen LogP contribution in [0.15, 0.2) is 17.0 Å². The number of nitrogens with zero attached hydrogens (tertiary/aromatic N) is 1. The fourth-order valence-electron chi connectivity index (χ4n) is 2.27. The molecule has 0 heterocycles. The van der Waals surface area contributed by atoms with Gasteiger partial charge in [0.25, 0.3) is 0 Å². The second-order valence-electron chi connectivity index (χ2n) is 5.15. The van der Waals surface area contributed by atoms with Crippen molar-refractivity contribution in [1.82, 2.24) is 9.62 Å². The molecule has 6 heteroatoms. The summed E-state index contributed by atoms with van der Waals surface area (Å²) in [6.07, 6.45) is 1.51. The number of aryl methyl sites for hydroxylation is 1. The molecule has 1 aromatic rings. The van der Waals surface area contributed by atoms with Crippen LogP contribution in [0, 0.1) is 12.7 Å². The highest BCUT2D eigenvalue weighted by Crippen LogP contribution is 2.22. The molecule has 1 rings (SSSR count). The zero-order chi connectivity index (χ0) is 16.0. The van der Waals surface area contributed by atoms with Crippen LogP contribution in [0.1, 0.15) is 37.8 Å². The predicted molar refractivity (Wildman–Crippen MR) is 83.2 cm³/mol. The maximum absolute atomic E-state index is 14.0. The summed E-state index contributed by atoms with van der Waals surface area (Å²) < 4.78 is 40.9. The minimum absolute atomic E-state index is 0.175. The Kier molecular flexibility index (Phi) is 6.77. The molecule has 0 fully saturated rings. The summed E-state index contributed by atoms with van der Waals surface area (Å²) in [6, 6.07) is 2.86. The number of sulfonamides is 1. The summed E-state index contributed by atoms with van der Waals surface area (Å²) in [5, 5.41) is 2.86. The zero-order valence-corrected chi connectivity index (χ0v) is 14.1. The van der Waals surface area contributed by atoms with Gasteiger partial charge in [0, 0.05) is 25.2 Å². The van der Waals surface area contributed by atoms with Crippen LogP contribution < -0.4 is 5.32 Å². The number of hydrogen-bond acceptors (Lipinski definition) is 3. The van der Waals surface area contributed by atoms with Gasteiger partial charge in [-0.25, -0.2) is 12.8 Å². The van der Waals surface area contributed by atoms with Crippen LogP contribution in [0.2, 0.25) is 0 Å². The summed E-state index contributed by atoms with van der Waals surface area (Å²) in [5.41, 5.74) is 0.735. The Morgan fingerprint density at radius 2 is 1.76 bits per heavy atom. The van der Waals surface area contributed by atoms with Crippen molar-refractivity contribution in [1.29, 1.82) is 0 Å². The SMILES string of the molecule is CCCN(CCC)S(=O)(=O)c1cc(C)c(F)c(CNC)c1. The van der Waals surface area contributed by atoms with Crippen LogP contribution in [-0.2, 0) is 16.6 Å². The molecule has 0 saturated heterocycles. The normalized spacial score (nSPS) is 12.1. The number of hydrogen-bond donors (Lipinski definition) is 1. The molecular weight excluding hydrogens is 291 g/mol. The average Bonchev–Trinajstić information content (AvgIpc) is 2.43. The molecule has 0 aromatic heterocycles. The molecule has 0 unspecified atom stereocenters. The third kappa shape index (κ3) is 4.25. The van der Waals surface area contributed by atoms with Gasteiger partial charge in [0.05, 0.1) is 4.90 Å². The maximum Gasteiger partial charge on any atom is 0.243 e. The maximum atomic E-state index is 14.0. The van der Waals surface area contributed by atoms with Crippen LogP contribution >= 0.6 is 0 Å². The number of nitrogens with one attached hydrogen (secondary N) is 1. The van der Waals surface area contributed by atoms with Gasteiger partial charge in [0.15, 0.2) is 0 Å². The summed E-state index contributed by atoms with van der Waals surface area (Å²) in [6.45, 7) is 6.75. The number of rotatable bonds is 8. The van der Waals surface area contributed by atoms with E-state index in [0.29, 0.717) is 30.8 Å². The lowest BCUT2D eigenvalue weighted by atomic mass is 10.1. The van der Waals surface area contributed by atoms with Gasteiger partial charge in [-0.1, -0.05) is 13.8 Å². The molecule has 0 saturated carbocycles. The molecule has 0 atom stereocenters. The van der Waals surface area contributed by atoms with Gasteiger partial charge >= 0.3 is 0 Å². The summed E-state index contributed by atoms with van der Waals surface area (Å²) >= 11 is 0. The van der Waals surface area contributed by atoms with E-state index in [2.05, 4.69) is 5.32 Å². The van der Waals surface area contributed by atoms with Crippen molar-refractivity contribution in [3.8, 4) is 0 Å². The molecule has 0 aliphatic carbocycles. The predicted octanol–water partition coefficient (Wildman–Crippen LogP) is 2.66. The van der Waals surface area contributed by atoms with E-state index in [1.165, 1.54) is 16.4 Å². The van der Waals surface area contributed by atoms with E-state index in [4.69, 9.17) is 0 Å². The molecular formula is C15H25FN2O2S. The van der Waals surface area contributed by atoms with E-state index >= 15 is 0 Å². The van der Waals surface area contributed by atoms with Gasteiger partial charge in [0.1, 0.15) is 5.82 Å². The first kappa shape index (κ1) is 18.1. The van der Waals surface area contributed by atoms with Gasteiger partial charge in [-0.15, -0.1) is 0 Å². The van der Waals surface area contributed by atoms with Crippen LogP contribution in [-0.4, -0.2) is 32.9 Å². The fourth-order valence-corrected chi connectivity index (χ4v) is 4.04. The molecule has 1 N–H and O–H groups in total. The first-order chi connectivity index (χ1) is 9.88. The number of benzene rings is 1. The molecule has 0 aliphatic rings. The van der Waals surface area contributed by atoms with Crippen LogP contribution in [0.4, 0.5) is 4.39 Å². The summed E-state index contributed by atoms with van der Waals surface area (Å²) in [7, 11) is -1.86. The smallest absolute Gasteiger partial charge is 0.243 e. The highest BCUT2D eigenvalue weighted by molar-refractivity contribution is 7.89. The van der Waals surface area contributed by atoms with E-state index in [9.17, 15) is 12.8 Å². The molecule has 0 aliphatic heterocycles. The van der Waals surface area contributed by atoms with E-state index in [1.54, 1.807) is 14.0 Å². The van der Waals surface area contributed by atoms with E-state index in [0.717, 1.165) is 12.8 Å². The molecule has 120 valence electrons. The molecule has 0 radical (unpaired) electrons. The van der Waals surface area contributed by atoms with E-state index < -0.39 is 10.0 Å². The highest BCUT2D eigenvalue weighted by atomic mass is 32.2. The lowest BCUT2D eigenvalue weighted by Gasteiger charge is -2.22. The lowest BCUT2D eigenvalue weighted by Crippen LogP contribution is -2.32. The Labute approximate surface area is 127 Å². The lowest BCUT2D eigenvalue weighted by molar-refractivity contribution is 0.409. The molecule has 4 nitrogen and oxygen atoms in total. The third-order valence-corrected chi connectivity index (χ3v) is 5.13. The molecule has 0 spiro atoms. The molecule has 0 bridgehead atoms. The second-order valence-corrected chi connectivity index (χ2v) is 7.09. The third-order valence-electron chi connectivity index (χ3n) is 3.25. The van der Waals surface area contributed by atoms with Crippen LogP contribution in [0.3, 0.4) is 0 Å². The quantitative estimate of drug-likeness (QED) is 0.802. The average molecular weight is 316 g/mol. The molecule has 21 heavy (non-hydrogen) atoms. The zero-order valence-electron chi connectivity index (χ0n) is 13.2. The Morgan fingerprint density at radius 3 is 2.24 bits per heavy atom. The van der Waals surface area contributed by atoms with Crippen LogP contribution in [0.5, 0.6) is 0 Å². The molecule has 1 aromatic carbocycles.